The number of rotatable bonds is 5. The normalized spacial score (nSPS) is 10.8. The summed E-state index contributed by atoms with van der Waals surface area (Å²) < 4.78 is 7.42. The summed E-state index contributed by atoms with van der Waals surface area (Å²) in [6.07, 6.45) is 1.85. The summed E-state index contributed by atoms with van der Waals surface area (Å²) in [5.41, 5.74) is 3.04. The largest absolute Gasteiger partial charge is 0.490 e. The summed E-state index contributed by atoms with van der Waals surface area (Å²) in [6, 6.07) is 13.7. The molecule has 1 aromatic carbocycles. The highest BCUT2D eigenvalue weighted by molar-refractivity contribution is 5.94. The molecule has 124 valence electrons. The molecule has 2 heterocycles. The van der Waals surface area contributed by atoms with E-state index in [9.17, 15) is 4.79 Å². The molecule has 24 heavy (non-hydrogen) atoms. The highest BCUT2D eigenvalue weighted by Gasteiger charge is 2.21. The Hall–Kier alpha value is -2.82. The maximum absolute atomic E-state index is 12.9. The molecule has 0 spiro atoms. The zero-order valence-corrected chi connectivity index (χ0v) is 14.2. The number of benzene rings is 1. The minimum Gasteiger partial charge on any atom is -0.490 e. The maximum atomic E-state index is 12.9. The number of hydrogen-bond acceptors (Lipinski definition) is 3. The number of fused-ring (bicyclic) bond motifs is 1. The lowest BCUT2D eigenvalue weighted by atomic mass is 10.2. The van der Waals surface area contributed by atoms with Crippen LogP contribution in [0.25, 0.3) is 5.65 Å². The van der Waals surface area contributed by atoms with E-state index < -0.39 is 0 Å². The van der Waals surface area contributed by atoms with Crippen LogP contribution < -0.4 is 4.74 Å². The quantitative estimate of drug-likeness (QED) is 0.724. The van der Waals surface area contributed by atoms with Crippen molar-refractivity contribution in [3.63, 3.8) is 0 Å². The standard InChI is InChI=1S/C19H21N3O2/c1-4-24-16-11-8-12-22-17(14(2)20-18(16)22)19(23)21(3)13-15-9-6-5-7-10-15/h5-12H,4,13H2,1-3H3. The van der Waals surface area contributed by atoms with Gasteiger partial charge in [0.15, 0.2) is 11.4 Å². The van der Waals surface area contributed by atoms with Crippen LogP contribution in [0.5, 0.6) is 5.75 Å². The van der Waals surface area contributed by atoms with Crippen molar-refractivity contribution in [2.45, 2.75) is 20.4 Å². The number of carbonyl (C=O) groups excluding carboxylic acids is 1. The highest BCUT2D eigenvalue weighted by atomic mass is 16.5. The van der Waals surface area contributed by atoms with Crippen molar-refractivity contribution < 1.29 is 9.53 Å². The lowest BCUT2D eigenvalue weighted by Gasteiger charge is -2.17. The van der Waals surface area contributed by atoms with Gasteiger partial charge in [-0.1, -0.05) is 30.3 Å². The molecule has 0 aliphatic carbocycles. The molecule has 0 radical (unpaired) electrons. The van der Waals surface area contributed by atoms with E-state index in [1.54, 1.807) is 11.9 Å². The van der Waals surface area contributed by atoms with E-state index in [0.717, 1.165) is 5.56 Å². The van der Waals surface area contributed by atoms with Gasteiger partial charge in [0.2, 0.25) is 0 Å². The zero-order chi connectivity index (χ0) is 17.1. The summed E-state index contributed by atoms with van der Waals surface area (Å²) >= 11 is 0. The second kappa shape index (κ2) is 6.74. The molecule has 5 nitrogen and oxygen atoms in total. The number of aromatic nitrogens is 2. The number of hydrogen-bond donors (Lipinski definition) is 0. The summed E-state index contributed by atoms with van der Waals surface area (Å²) in [5, 5.41) is 0. The maximum Gasteiger partial charge on any atom is 0.272 e. The monoisotopic (exact) mass is 323 g/mol. The molecule has 3 aromatic rings. The van der Waals surface area contributed by atoms with E-state index >= 15 is 0 Å². The van der Waals surface area contributed by atoms with Gasteiger partial charge in [-0.3, -0.25) is 9.20 Å². The molecule has 0 saturated carbocycles. The first kappa shape index (κ1) is 16.1. The van der Waals surface area contributed by atoms with Crippen LogP contribution in [0.2, 0.25) is 0 Å². The Morgan fingerprint density at radius 3 is 2.67 bits per heavy atom. The first-order chi connectivity index (χ1) is 11.6. The van der Waals surface area contributed by atoms with Gasteiger partial charge in [-0.15, -0.1) is 0 Å². The van der Waals surface area contributed by atoms with Gasteiger partial charge >= 0.3 is 0 Å². The fourth-order valence-electron chi connectivity index (χ4n) is 2.79. The molecule has 0 fully saturated rings. The van der Waals surface area contributed by atoms with Crippen LogP contribution in [0.4, 0.5) is 0 Å². The van der Waals surface area contributed by atoms with Crippen molar-refractivity contribution in [2.75, 3.05) is 13.7 Å². The number of nitrogens with zero attached hydrogens (tertiary/aromatic N) is 3. The molecule has 5 heteroatoms. The Morgan fingerprint density at radius 1 is 1.21 bits per heavy atom. The molecule has 0 aliphatic rings. The van der Waals surface area contributed by atoms with Crippen LogP contribution in [0.1, 0.15) is 28.7 Å². The van der Waals surface area contributed by atoms with Gasteiger partial charge in [0.25, 0.3) is 5.91 Å². The number of aryl methyl sites for hydroxylation is 1. The first-order valence-electron chi connectivity index (χ1n) is 8.01. The molecule has 1 amide bonds. The van der Waals surface area contributed by atoms with Gasteiger partial charge < -0.3 is 9.64 Å². The van der Waals surface area contributed by atoms with Crippen LogP contribution in [0.15, 0.2) is 48.7 Å². The van der Waals surface area contributed by atoms with Crippen LogP contribution in [-0.4, -0.2) is 33.8 Å². The summed E-state index contributed by atoms with van der Waals surface area (Å²) in [5.74, 6) is 0.630. The lowest BCUT2D eigenvalue weighted by Crippen LogP contribution is -2.28. The molecular formula is C19H21N3O2. The van der Waals surface area contributed by atoms with E-state index in [2.05, 4.69) is 4.98 Å². The van der Waals surface area contributed by atoms with Crippen molar-refractivity contribution in [1.82, 2.24) is 14.3 Å². The molecule has 2 aromatic heterocycles. The minimum absolute atomic E-state index is 0.0579. The highest BCUT2D eigenvalue weighted by Crippen LogP contribution is 2.23. The predicted molar refractivity (Wildman–Crippen MR) is 93.3 cm³/mol. The molecule has 0 bridgehead atoms. The molecule has 0 saturated heterocycles. The number of amides is 1. The van der Waals surface area contributed by atoms with Crippen molar-refractivity contribution >= 4 is 11.6 Å². The van der Waals surface area contributed by atoms with Crippen molar-refractivity contribution in [3.8, 4) is 5.75 Å². The molecule has 0 unspecified atom stereocenters. The fourth-order valence-corrected chi connectivity index (χ4v) is 2.79. The second-order valence-corrected chi connectivity index (χ2v) is 5.69. The third-order valence-electron chi connectivity index (χ3n) is 3.90. The number of carbonyl (C=O) groups is 1. The van der Waals surface area contributed by atoms with Crippen molar-refractivity contribution in [2.24, 2.45) is 0 Å². The van der Waals surface area contributed by atoms with E-state index in [0.29, 0.717) is 35.9 Å². The van der Waals surface area contributed by atoms with E-state index in [1.807, 2.05) is 66.9 Å². The Labute approximate surface area is 141 Å². The van der Waals surface area contributed by atoms with Gasteiger partial charge in [0.1, 0.15) is 5.69 Å². The average molecular weight is 323 g/mol. The Kier molecular flexibility index (Phi) is 4.51. The summed E-state index contributed by atoms with van der Waals surface area (Å²) in [7, 11) is 1.81. The Balaban J connectivity index is 1.95. The third kappa shape index (κ3) is 2.97. The molecule has 3 rings (SSSR count). The van der Waals surface area contributed by atoms with Crippen LogP contribution in [0, 0.1) is 6.92 Å². The average Bonchev–Trinajstić information content (AvgIpc) is 2.92. The van der Waals surface area contributed by atoms with Gasteiger partial charge in [-0.25, -0.2) is 4.98 Å². The smallest absolute Gasteiger partial charge is 0.272 e. The number of ether oxygens (including phenoxy) is 1. The number of pyridine rings is 1. The predicted octanol–water partition coefficient (Wildman–Crippen LogP) is 3.31. The molecule has 0 atom stereocenters. The third-order valence-corrected chi connectivity index (χ3v) is 3.90. The lowest BCUT2D eigenvalue weighted by molar-refractivity contribution is 0.0777. The Morgan fingerprint density at radius 2 is 1.96 bits per heavy atom. The Bertz CT molecular complexity index is 856. The van der Waals surface area contributed by atoms with E-state index in [1.165, 1.54) is 0 Å². The minimum atomic E-state index is -0.0579. The van der Waals surface area contributed by atoms with E-state index in [4.69, 9.17) is 4.74 Å². The molecule has 0 N–H and O–H groups in total. The van der Waals surface area contributed by atoms with Crippen LogP contribution in [0.3, 0.4) is 0 Å². The van der Waals surface area contributed by atoms with Crippen molar-refractivity contribution in [1.29, 1.82) is 0 Å². The molecule has 0 aliphatic heterocycles. The van der Waals surface area contributed by atoms with E-state index in [-0.39, 0.29) is 5.91 Å². The van der Waals surface area contributed by atoms with Crippen LogP contribution in [-0.2, 0) is 6.54 Å². The topological polar surface area (TPSA) is 46.8 Å². The second-order valence-electron chi connectivity index (χ2n) is 5.69. The summed E-state index contributed by atoms with van der Waals surface area (Å²) in [4.78, 5) is 19.2. The van der Waals surface area contributed by atoms with Gasteiger partial charge in [0.05, 0.1) is 12.3 Å². The van der Waals surface area contributed by atoms with Crippen LogP contribution >= 0.6 is 0 Å². The SMILES string of the molecule is CCOc1cccn2c(C(=O)N(C)Cc3ccccc3)c(C)nc12. The van der Waals surface area contributed by atoms with Crippen molar-refractivity contribution in [3.05, 3.63) is 65.6 Å². The van der Waals surface area contributed by atoms with Gasteiger partial charge in [-0.05, 0) is 31.5 Å². The molecular weight excluding hydrogens is 302 g/mol. The van der Waals surface area contributed by atoms with Gasteiger partial charge in [0, 0.05) is 19.8 Å². The number of imidazole rings is 1. The van der Waals surface area contributed by atoms with Gasteiger partial charge in [-0.2, -0.15) is 0 Å². The zero-order valence-electron chi connectivity index (χ0n) is 14.2. The fraction of sp³-hybridized carbons (Fsp3) is 0.263. The summed E-state index contributed by atoms with van der Waals surface area (Å²) in [6.45, 7) is 4.89. The first-order valence-corrected chi connectivity index (χ1v) is 8.01.